The van der Waals surface area contributed by atoms with E-state index in [1.807, 2.05) is 6.92 Å². The van der Waals surface area contributed by atoms with Crippen molar-refractivity contribution in [2.75, 3.05) is 12.9 Å². The van der Waals surface area contributed by atoms with E-state index in [1.54, 1.807) is 24.3 Å². The number of methoxy groups -OCH3 is 1. The summed E-state index contributed by atoms with van der Waals surface area (Å²) in [6, 6.07) is 7.45. The van der Waals surface area contributed by atoms with Crippen molar-refractivity contribution in [3.8, 4) is 5.75 Å². The molecule has 1 atom stereocenters. The lowest BCUT2D eigenvalue weighted by molar-refractivity contribution is -0.306. The zero-order chi connectivity index (χ0) is 20.5. The molecular formula is C19H22N3O5S-. The van der Waals surface area contributed by atoms with Gasteiger partial charge in [-0.1, -0.05) is 37.2 Å². The van der Waals surface area contributed by atoms with Gasteiger partial charge in [0, 0.05) is 24.2 Å². The van der Waals surface area contributed by atoms with Crippen LogP contribution in [0.2, 0.25) is 0 Å². The quantitative estimate of drug-likeness (QED) is 0.444. The van der Waals surface area contributed by atoms with E-state index in [0.29, 0.717) is 28.6 Å². The third kappa shape index (κ3) is 6.73. The monoisotopic (exact) mass is 404 g/mol. The molecule has 0 saturated heterocycles. The summed E-state index contributed by atoms with van der Waals surface area (Å²) in [6.45, 7) is 1.99. The number of benzene rings is 1. The Morgan fingerprint density at radius 1 is 1.32 bits per heavy atom. The highest BCUT2D eigenvalue weighted by Gasteiger charge is 2.16. The lowest BCUT2D eigenvalue weighted by Gasteiger charge is -2.20. The number of carboxylic acids is 1. The maximum atomic E-state index is 12.3. The smallest absolute Gasteiger partial charge is 0.251 e. The average molecular weight is 404 g/mol. The Morgan fingerprint density at radius 3 is 2.64 bits per heavy atom. The Bertz CT molecular complexity index is 867. The van der Waals surface area contributed by atoms with Gasteiger partial charge in [0.25, 0.3) is 5.56 Å². The summed E-state index contributed by atoms with van der Waals surface area (Å²) in [7, 11) is 1.53. The van der Waals surface area contributed by atoms with Gasteiger partial charge >= 0.3 is 0 Å². The van der Waals surface area contributed by atoms with Crippen LogP contribution in [0.1, 0.15) is 37.1 Å². The molecule has 0 spiro atoms. The first-order chi connectivity index (χ1) is 13.4. The molecule has 8 nitrogen and oxygen atoms in total. The summed E-state index contributed by atoms with van der Waals surface area (Å²) in [4.78, 5) is 41.9. The molecule has 2 aromatic rings. The second-order valence-electron chi connectivity index (χ2n) is 6.05. The van der Waals surface area contributed by atoms with Crippen molar-refractivity contribution in [2.24, 2.45) is 0 Å². The second kappa shape index (κ2) is 10.5. The van der Waals surface area contributed by atoms with E-state index >= 15 is 0 Å². The number of aryl methyl sites for hydroxylation is 1. The van der Waals surface area contributed by atoms with Crippen LogP contribution >= 0.6 is 11.8 Å². The molecule has 1 aromatic heterocycles. The molecule has 1 aromatic carbocycles. The number of rotatable bonds is 10. The molecular weight excluding hydrogens is 382 g/mol. The number of H-pyrrole nitrogens is 1. The Morgan fingerprint density at radius 2 is 2.04 bits per heavy atom. The molecule has 150 valence electrons. The lowest BCUT2D eigenvalue weighted by atomic mass is 10.0. The number of aliphatic carboxylic acids is 1. The number of nitrogens with zero attached hydrogens (tertiary/aromatic N) is 1. The number of hydrogen-bond donors (Lipinski definition) is 2. The molecule has 9 heteroatoms. The Kier molecular flexibility index (Phi) is 8.06. The highest BCUT2D eigenvalue weighted by Crippen LogP contribution is 2.21. The van der Waals surface area contributed by atoms with E-state index in [-0.39, 0.29) is 23.6 Å². The maximum absolute atomic E-state index is 12.3. The van der Waals surface area contributed by atoms with Crippen molar-refractivity contribution in [2.45, 2.75) is 37.4 Å². The van der Waals surface area contributed by atoms with E-state index < -0.39 is 12.0 Å². The number of thioether (sulfide) groups is 1. The molecule has 2 rings (SSSR count). The Labute approximate surface area is 166 Å². The fourth-order valence-electron chi connectivity index (χ4n) is 2.56. The molecule has 0 aliphatic rings. The van der Waals surface area contributed by atoms with Gasteiger partial charge in [-0.15, -0.1) is 0 Å². The van der Waals surface area contributed by atoms with Crippen LogP contribution in [0.3, 0.4) is 0 Å². The van der Waals surface area contributed by atoms with Gasteiger partial charge in [0.2, 0.25) is 5.91 Å². The molecule has 0 bridgehead atoms. The number of aromatic amines is 1. The normalized spacial score (nSPS) is 11.6. The van der Waals surface area contributed by atoms with Crippen LogP contribution in [-0.2, 0) is 16.0 Å². The maximum Gasteiger partial charge on any atom is 0.251 e. The van der Waals surface area contributed by atoms with E-state index in [2.05, 4.69) is 15.3 Å². The van der Waals surface area contributed by atoms with Gasteiger partial charge in [-0.05, 0) is 24.1 Å². The number of carboxylic acid groups (broad SMARTS) is 1. The fraction of sp³-hybridized carbons (Fsp3) is 0.368. The first kappa shape index (κ1) is 21.5. The molecule has 0 fully saturated rings. The molecule has 2 N–H and O–H groups in total. The summed E-state index contributed by atoms with van der Waals surface area (Å²) < 4.78 is 5.08. The van der Waals surface area contributed by atoms with Gasteiger partial charge in [0.05, 0.1) is 18.9 Å². The minimum atomic E-state index is -1.27. The fourth-order valence-corrected chi connectivity index (χ4v) is 3.27. The first-order valence-electron chi connectivity index (χ1n) is 8.77. The molecule has 0 aliphatic carbocycles. The molecule has 0 radical (unpaired) electrons. The standard InChI is InChI=1S/C19H23N3O5S/c1-3-4-13-9-16(23)22-19(20-13)28-11-17(24)21-15(10-18(25)26)12-5-7-14(27-2)8-6-12/h5-9,15H,3-4,10-11H2,1-2H3,(H,21,24)(H,25,26)(H,20,22,23)/p-1. The van der Waals surface area contributed by atoms with Crippen LogP contribution in [0.5, 0.6) is 5.75 Å². The van der Waals surface area contributed by atoms with Gasteiger partial charge in [0.15, 0.2) is 5.16 Å². The van der Waals surface area contributed by atoms with E-state index in [4.69, 9.17) is 4.74 Å². The van der Waals surface area contributed by atoms with Crippen molar-refractivity contribution in [3.05, 3.63) is 51.9 Å². The zero-order valence-corrected chi connectivity index (χ0v) is 16.5. The summed E-state index contributed by atoms with van der Waals surface area (Å²) in [5.74, 6) is -1.04. The SMILES string of the molecule is CCCc1cc(=O)[nH]c(SCC(=O)NC(CC(=O)[O-])c2ccc(OC)cc2)n1. The first-order valence-corrected chi connectivity index (χ1v) is 9.76. The zero-order valence-electron chi connectivity index (χ0n) is 15.7. The summed E-state index contributed by atoms with van der Waals surface area (Å²) in [6.07, 6.45) is 1.17. The van der Waals surface area contributed by atoms with E-state index in [1.165, 1.54) is 13.2 Å². The Balaban J connectivity index is 2.03. The van der Waals surface area contributed by atoms with E-state index in [0.717, 1.165) is 18.2 Å². The van der Waals surface area contributed by atoms with Gasteiger partial charge in [-0.25, -0.2) is 4.98 Å². The predicted octanol–water partition coefficient (Wildman–Crippen LogP) is 0.821. The number of hydrogen-bond acceptors (Lipinski definition) is 7. The van der Waals surface area contributed by atoms with Crippen LogP contribution < -0.4 is 20.7 Å². The average Bonchev–Trinajstić information content (AvgIpc) is 2.65. The summed E-state index contributed by atoms with van der Waals surface area (Å²) >= 11 is 1.08. The Hall–Kier alpha value is -2.81. The van der Waals surface area contributed by atoms with Crippen LogP contribution in [0, 0.1) is 0 Å². The minimum absolute atomic E-state index is 0.0157. The van der Waals surface area contributed by atoms with Crippen LogP contribution in [0.4, 0.5) is 0 Å². The number of aromatic nitrogens is 2. The van der Waals surface area contributed by atoms with E-state index in [9.17, 15) is 19.5 Å². The number of carbonyl (C=O) groups is 2. The third-order valence-corrected chi connectivity index (χ3v) is 4.72. The van der Waals surface area contributed by atoms with Crippen molar-refractivity contribution in [1.29, 1.82) is 0 Å². The topological polar surface area (TPSA) is 124 Å². The summed E-state index contributed by atoms with van der Waals surface area (Å²) in [5, 5.41) is 14.1. The van der Waals surface area contributed by atoms with Gasteiger partial charge in [-0.2, -0.15) is 0 Å². The molecule has 0 saturated carbocycles. The largest absolute Gasteiger partial charge is 0.550 e. The van der Waals surface area contributed by atoms with Crippen molar-refractivity contribution in [3.63, 3.8) is 0 Å². The molecule has 1 unspecified atom stereocenters. The highest BCUT2D eigenvalue weighted by molar-refractivity contribution is 7.99. The molecule has 0 aliphatic heterocycles. The molecule has 1 amide bonds. The van der Waals surface area contributed by atoms with Gasteiger partial charge < -0.3 is 24.9 Å². The lowest BCUT2D eigenvalue weighted by Crippen LogP contribution is -2.35. The molecule has 1 heterocycles. The minimum Gasteiger partial charge on any atom is -0.550 e. The third-order valence-electron chi connectivity index (χ3n) is 3.84. The van der Waals surface area contributed by atoms with Gasteiger partial charge in [0.1, 0.15) is 5.75 Å². The number of carbonyl (C=O) groups excluding carboxylic acids is 2. The number of ether oxygens (including phenoxy) is 1. The molecule has 28 heavy (non-hydrogen) atoms. The summed E-state index contributed by atoms with van der Waals surface area (Å²) in [5.41, 5.74) is 1.02. The van der Waals surface area contributed by atoms with Crippen molar-refractivity contribution >= 4 is 23.6 Å². The second-order valence-corrected chi connectivity index (χ2v) is 7.01. The van der Waals surface area contributed by atoms with Crippen molar-refractivity contribution in [1.82, 2.24) is 15.3 Å². The predicted molar refractivity (Wildman–Crippen MR) is 103 cm³/mol. The van der Waals surface area contributed by atoms with Gasteiger partial charge in [-0.3, -0.25) is 9.59 Å². The number of nitrogens with one attached hydrogen (secondary N) is 2. The number of amides is 1. The van der Waals surface area contributed by atoms with Crippen molar-refractivity contribution < 1.29 is 19.4 Å². The highest BCUT2D eigenvalue weighted by atomic mass is 32.2. The van der Waals surface area contributed by atoms with Crippen LogP contribution in [0.15, 0.2) is 40.3 Å². The van der Waals surface area contributed by atoms with Crippen LogP contribution in [0.25, 0.3) is 0 Å². The van der Waals surface area contributed by atoms with Crippen LogP contribution in [-0.4, -0.2) is 34.7 Å².